The Bertz CT molecular complexity index is 437. The second kappa shape index (κ2) is 4.94. The lowest BCUT2D eigenvalue weighted by molar-refractivity contribution is -0.117. The summed E-state index contributed by atoms with van der Waals surface area (Å²) >= 11 is 5.98. The van der Waals surface area contributed by atoms with Crippen LogP contribution < -0.4 is 15.4 Å². The minimum absolute atomic E-state index is 0.0877. The van der Waals surface area contributed by atoms with Crippen molar-refractivity contribution in [1.29, 1.82) is 0 Å². The normalized spacial score (nSPS) is 19.8. The van der Waals surface area contributed by atoms with E-state index in [0.29, 0.717) is 30.3 Å². The summed E-state index contributed by atoms with van der Waals surface area (Å²) in [5, 5.41) is 0.559. The minimum Gasteiger partial charge on any atom is -0.497 e. The number of methoxy groups -OCH3 is 1. The molecule has 4 nitrogen and oxygen atoms in total. The molecule has 0 radical (unpaired) electrons. The number of hydrogen-bond donors (Lipinski definition) is 1. The topological polar surface area (TPSA) is 55.6 Å². The monoisotopic (exact) mass is 254 g/mol. The van der Waals surface area contributed by atoms with Gasteiger partial charge in [-0.1, -0.05) is 11.6 Å². The SMILES string of the molecule is COc1cc(Cl)cc(N2CC(CN)CC2=O)c1. The van der Waals surface area contributed by atoms with Gasteiger partial charge >= 0.3 is 0 Å². The van der Waals surface area contributed by atoms with E-state index in [0.717, 1.165) is 5.69 Å². The number of rotatable bonds is 3. The van der Waals surface area contributed by atoms with Gasteiger partial charge in [0, 0.05) is 29.7 Å². The molecule has 1 aromatic rings. The van der Waals surface area contributed by atoms with Gasteiger partial charge in [-0.15, -0.1) is 0 Å². The summed E-state index contributed by atoms with van der Waals surface area (Å²) in [5.74, 6) is 0.966. The zero-order valence-corrected chi connectivity index (χ0v) is 10.4. The Labute approximate surface area is 105 Å². The lowest BCUT2D eigenvalue weighted by atomic mass is 10.1. The molecule has 2 N–H and O–H groups in total. The van der Waals surface area contributed by atoms with Crippen molar-refractivity contribution in [2.45, 2.75) is 6.42 Å². The number of ether oxygens (including phenoxy) is 1. The fraction of sp³-hybridized carbons (Fsp3) is 0.417. The molecular weight excluding hydrogens is 240 g/mol. The van der Waals surface area contributed by atoms with Crippen molar-refractivity contribution >= 4 is 23.2 Å². The van der Waals surface area contributed by atoms with Crippen LogP contribution in [0.3, 0.4) is 0 Å². The number of halogens is 1. The molecule has 1 atom stereocenters. The van der Waals surface area contributed by atoms with Gasteiger partial charge in [0.2, 0.25) is 5.91 Å². The molecule has 0 spiro atoms. The Balaban J connectivity index is 2.28. The van der Waals surface area contributed by atoms with Crippen LogP contribution in [0.4, 0.5) is 5.69 Å². The van der Waals surface area contributed by atoms with E-state index in [-0.39, 0.29) is 11.8 Å². The molecule has 1 saturated heterocycles. The molecule has 0 bridgehead atoms. The average Bonchev–Trinajstić information content (AvgIpc) is 2.69. The molecule has 1 fully saturated rings. The number of nitrogens with zero attached hydrogens (tertiary/aromatic N) is 1. The van der Waals surface area contributed by atoms with Crippen LogP contribution in [-0.4, -0.2) is 26.1 Å². The first-order chi connectivity index (χ1) is 8.13. The second-order valence-electron chi connectivity index (χ2n) is 4.16. The van der Waals surface area contributed by atoms with Crippen LogP contribution in [0.5, 0.6) is 5.75 Å². The van der Waals surface area contributed by atoms with Gasteiger partial charge in [-0.2, -0.15) is 0 Å². The zero-order valence-electron chi connectivity index (χ0n) is 9.65. The lowest BCUT2D eigenvalue weighted by Gasteiger charge is -2.17. The molecule has 1 aliphatic heterocycles. The number of carbonyl (C=O) groups excluding carboxylic acids is 1. The quantitative estimate of drug-likeness (QED) is 0.893. The van der Waals surface area contributed by atoms with Crippen LogP contribution in [0.25, 0.3) is 0 Å². The molecule has 2 rings (SSSR count). The predicted molar refractivity (Wildman–Crippen MR) is 67.5 cm³/mol. The zero-order chi connectivity index (χ0) is 12.4. The largest absolute Gasteiger partial charge is 0.497 e. The smallest absolute Gasteiger partial charge is 0.227 e. The van der Waals surface area contributed by atoms with Crippen molar-refractivity contribution in [3.63, 3.8) is 0 Å². The van der Waals surface area contributed by atoms with Gasteiger partial charge in [-0.05, 0) is 24.6 Å². The Hall–Kier alpha value is -1.26. The van der Waals surface area contributed by atoms with E-state index in [4.69, 9.17) is 22.1 Å². The first-order valence-electron chi connectivity index (χ1n) is 5.49. The van der Waals surface area contributed by atoms with Crippen LogP contribution in [0.15, 0.2) is 18.2 Å². The van der Waals surface area contributed by atoms with E-state index in [9.17, 15) is 4.79 Å². The molecule has 17 heavy (non-hydrogen) atoms. The van der Waals surface area contributed by atoms with Gasteiger partial charge < -0.3 is 15.4 Å². The first kappa shape index (κ1) is 12.2. The van der Waals surface area contributed by atoms with Crippen LogP contribution in [-0.2, 0) is 4.79 Å². The van der Waals surface area contributed by atoms with Gasteiger partial charge in [0.15, 0.2) is 0 Å². The van der Waals surface area contributed by atoms with E-state index in [2.05, 4.69) is 0 Å². The Morgan fingerprint density at radius 2 is 2.29 bits per heavy atom. The Morgan fingerprint density at radius 3 is 2.88 bits per heavy atom. The summed E-state index contributed by atoms with van der Waals surface area (Å²) in [6, 6.07) is 5.29. The average molecular weight is 255 g/mol. The van der Waals surface area contributed by atoms with Crippen molar-refractivity contribution in [3.8, 4) is 5.75 Å². The molecule has 5 heteroatoms. The maximum absolute atomic E-state index is 11.8. The number of nitrogens with two attached hydrogens (primary N) is 1. The molecule has 0 aliphatic carbocycles. The van der Waals surface area contributed by atoms with Crippen molar-refractivity contribution in [3.05, 3.63) is 23.2 Å². The van der Waals surface area contributed by atoms with Crippen LogP contribution in [0.2, 0.25) is 5.02 Å². The third-order valence-corrected chi connectivity index (χ3v) is 3.16. The second-order valence-corrected chi connectivity index (χ2v) is 4.60. The number of hydrogen-bond acceptors (Lipinski definition) is 3. The van der Waals surface area contributed by atoms with E-state index in [1.54, 1.807) is 24.1 Å². The maximum atomic E-state index is 11.8. The number of amides is 1. The van der Waals surface area contributed by atoms with Crippen molar-refractivity contribution in [2.24, 2.45) is 11.7 Å². The number of carbonyl (C=O) groups is 1. The molecule has 1 heterocycles. The summed E-state index contributed by atoms with van der Waals surface area (Å²) in [6.45, 7) is 1.18. The Kier molecular flexibility index (Phi) is 3.54. The fourth-order valence-corrected chi connectivity index (χ4v) is 2.23. The molecule has 1 aromatic carbocycles. The van der Waals surface area contributed by atoms with E-state index in [1.807, 2.05) is 6.07 Å². The van der Waals surface area contributed by atoms with Gasteiger partial charge in [0.25, 0.3) is 0 Å². The van der Waals surface area contributed by atoms with E-state index >= 15 is 0 Å². The first-order valence-corrected chi connectivity index (χ1v) is 5.87. The standard InChI is InChI=1S/C12H15ClN2O2/c1-17-11-4-9(13)3-10(5-11)15-7-8(6-14)2-12(15)16/h3-5,8H,2,6-7,14H2,1H3. The van der Waals surface area contributed by atoms with Crippen molar-refractivity contribution < 1.29 is 9.53 Å². The highest BCUT2D eigenvalue weighted by Gasteiger charge is 2.29. The van der Waals surface area contributed by atoms with Crippen LogP contribution in [0, 0.1) is 5.92 Å². The van der Waals surface area contributed by atoms with E-state index < -0.39 is 0 Å². The Morgan fingerprint density at radius 1 is 1.53 bits per heavy atom. The summed E-state index contributed by atoms with van der Waals surface area (Å²) < 4.78 is 5.14. The van der Waals surface area contributed by atoms with Gasteiger partial charge in [-0.3, -0.25) is 4.79 Å². The van der Waals surface area contributed by atoms with Crippen molar-refractivity contribution in [2.75, 3.05) is 25.1 Å². The van der Waals surface area contributed by atoms with Gasteiger partial charge in [0.1, 0.15) is 5.75 Å². The third kappa shape index (κ3) is 2.53. The molecule has 1 unspecified atom stereocenters. The molecule has 1 aliphatic rings. The summed E-state index contributed by atoms with van der Waals surface area (Å²) in [5.41, 5.74) is 6.37. The maximum Gasteiger partial charge on any atom is 0.227 e. The molecule has 0 aromatic heterocycles. The van der Waals surface area contributed by atoms with Crippen LogP contribution >= 0.6 is 11.6 Å². The highest BCUT2D eigenvalue weighted by Crippen LogP contribution is 2.30. The predicted octanol–water partition coefficient (Wildman–Crippen LogP) is 1.66. The molecule has 1 amide bonds. The van der Waals surface area contributed by atoms with Gasteiger partial charge in [0.05, 0.1) is 7.11 Å². The number of benzene rings is 1. The molecule has 92 valence electrons. The highest BCUT2D eigenvalue weighted by molar-refractivity contribution is 6.31. The van der Waals surface area contributed by atoms with Crippen molar-refractivity contribution in [1.82, 2.24) is 0 Å². The molecule has 0 saturated carbocycles. The summed E-state index contributed by atoms with van der Waals surface area (Å²) in [6.07, 6.45) is 0.505. The third-order valence-electron chi connectivity index (χ3n) is 2.94. The van der Waals surface area contributed by atoms with E-state index in [1.165, 1.54) is 0 Å². The number of anilines is 1. The highest BCUT2D eigenvalue weighted by atomic mass is 35.5. The summed E-state index contributed by atoms with van der Waals surface area (Å²) in [4.78, 5) is 13.6. The minimum atomic E-state index is 0.0877. The fourth-order valence-electron chi connectivity index (χ4n) is 2.01. The lowest BCUT2D eigenvalue weighted by Crippen LogP contribution is -2.25. The van der Waals surface area contributed by atoms with Gasteiger partial charge in [-0.25, -0.2) is 0 Å². The van der Waals surface area contributed by atoms with Crippen LogP contribution in [0.1, 0.15) is 6.42 Å². The molecular formula is C12H15ClN2O2. The summed E-state index contributed by atoms with van der Waals surface area (Å²) in [7, 11) is 1.57.